The molecule has 0 aliphatic heterocycles. The molecular formula is C18H15Cl2NO4. The summed E-state index contributed by atoms with van der Waals surface area (Å²) in [7, 11) is 0. The lowest BCUT2D eigenvalue weighted by atomic mass is 9.75. The first-order valence-electron chi connectivity index (χ1n) is 7.61. The van der Waals surface area contributed by atoms with Crippen molar-refractivity contribution in [2.45, 2.75) is 26.7 Å². The molecule has 0 atom stereocenters. The van der Waals surface area contributed by atoms with E-state index >= 15 is 0 Å². The first kappa shape index (κ1) is 17.7. The largest absolute Gasteiger partial charge is 0.477 e. The molecule has 0 amide bonds. The van der Waals surface area contributed by atoms with E-state index in [4.69, 9.17) is 23.2 Å². The van der Waals surface area contributed by atoms with Gasteiger partial charge in [-0.3, -0.25) is 14.2 Å². The molecule has 0 saturated heterocycles. The van der Waals surface area contributed by atoms with Crippen LogP contribution < -0.4 is 5.56 Å². The lowest BCUT2D eigenvalue weighted by Gasteiger charge is -2.32. The number of pyridine rings is 1. The number of nitrogens with zero attached hydrogens (tertiary/aromatic N) is 1. The highest BCUT2D eigenvalue weighted by Gasteiger charge is 2.35. The van der Waals surface area contributed by atoms with E-state index in [1.165, 1.54) is 22.8 Å². The second kappa shape index (κ2) is 6.00. The summed E-state index contributed by atoms with van der Waals surface area (Å²) in [5.41, 5.74) is -0.339. The smallest absolute Gasteiger partial charge is 0.341 e. The van der Waals surface area contributed by atoms with E-state index in [-0.39, 0.29) is 21.8 Å². The van der Waals surface area contributed by atoms with Crippen molar-refractivity contribution in [3.05, 3.63) is 61.5 Å². The number of fused-ring (bicyclic) bond motifs is 1. The summed E-state index contributed by atoms with van der Waals surface area (Å²) in [5, 5.41) is 9.91. The summed E-state index contributed by atoms with van der Waals surface area (Å²) in [6.07, 6.45) is 0.752. The van der Waals surface area contributed by atoms with Crippen LogP contribution in [0.1, 0.15) is 46.7 Å². The summed E-state index contributed by atoms with van der Waals surface area (Å²) >= 11 is 12.0. The van der Waals surface area contributed by atoms with Crippen LogP contribution in [0.4, 0.5) is 0 Å². The van der Waals surface area contributed by atoms with Gasteiger partial charge in [-0.1, -0.05) is 37.0 Å². The zero-order valence-electron chi connectivity index (χ0n) is 13.6. The summed E-state index contributed by atoms with van der Waals surface area (Å²) in [4.78, 5) is 36.8. The highest BCUT2D eigenvalue weighted by Crippen LogP contribution is 2.36. The van der Waals surface area contributed by atoms with E-state index in [9.17, 15) is 19.5 Å². The van der Waals surface area contributed by atoms with Gasteiger partial charge < -0.3 is 5.11 Å². The number of carbonyl (C=O) groups is 2. The van der Waals surface area contributed by atoms with Crippen molar-refractivity contribution in [1.82, 2.24) is 4.57 Å². The summed E-state index contributed by atoms with van der Waals surface area (Å²) < 4.78 is 1.26. The average molecular weight is 380 g/mol. The van der Waals surface area contributed by atoms with Gasteiger partial charge in [0.1, 0.15) is 5.56 Å². The van der Waals surface area contributed by atoms with Gasteiger partial charge in [0.2, 0.25) is 0 Å². The second-order valence-electron chi connectivity index (χ2n) is 6.90. The number of hydrogen-bond donors (Lipinski definition) is 1. The molecule has 1 aliphatic rings. The van der Waals surface area contributed by atoms with Gasteiger partial charge in [0.25, 0.3) is 5.56 Å². The van der Waals surface area contributed by atoms with Crippen LogP contribution in [0.25, 0.3) is 5.69 Å². The number of ketones is 1. The third kappa shape index (κ3) is 3.10. The van der Waals surface area contributed by atoms with Crippen LogP contribution in [0, 0.1) is 5.41 Å². The minimum Gasteiger partial charge on any atom is -0.477 e. The van der Waals surface area contributed by atoms with Crippen LogP contribution >= 0.6 is 23.2 Å². The highest BCUT2D eigenvalue weighted by atomic mass is 35.5. The molecule has 1 heterocycles. The van der Waals surface area contributed by atoms with Gasteiger partial charge in [0, 0.05) is 17.7 Å². The minimum absolute atomic E-state index is 0.178. The maximum atomic E-state index is 12.8. The number of carboxylic acid groups (broad SMARTS) is 1. The highest BCUT2D eigenvalue weighted by molar-refractivity contribution is 6.42. The van der Waals surface area contributed by atoms with E-state index in [1.54, 1.807) is 6.07 Å². The molecule has 3 rings (SSSR count). The van der Waals surface area contributed by atoms with Crippen LogP contribution in [-0.2, 0) is 6.42 Å². The molecule has 1 aromatic carbocycles. The lowest BCUT2D eigenvalue weighted by molar-refractivity contribution is 0.0694. The van der Waals surface area contributed by atoms with Gasteiger partial charge in [0.05, 0.1) is 15.7 Å². The van der Waals surface area contributed by atoms with Crippen molar-refractivity contribution in [3.8, 4) is 5.69 Å². The normalized spacial score (nSPS) is 15.8. The van der Waals surface area contributed by atoms with Crippen molar-refractivity contribution in [2.75, 3.05) is 0 Å². The van der Waals surface area contributed by atoms with E-state index in [0.29, 0.717) is 29.2 Å². The zero-order valence-corrected chi connectivity index (χ0v) is 15.1. The molecule has 1 aliphatic carbocycles. The van der Waals surface area contributed by atoms with Gasteiger partial charge in [-0.25, -0.2) is 4.79 Å². The Hall–Kier alpha value is -2.11. The van der Waals surface area contributed by atoms with Gasteiger partial charge in [-0.2, -0.15) is 0 Å². The van der Waals surface area contributed by atoms with Crippen LogP contribution in [0.2, 0.25) is 10.0 Å². The summed E-state index contributed by atoms with van der Waals surface area (Å²) in [6, 6.07) is 5.78. The molecule has 2 aromatic rings. The van der Waals surface area contributed by atoms with Crippen molar-refractivity contribution in [1.29, 1.82) is 0 Å². The van der Waals surface area contributed by atoms with Crippen molar-refractivity contribution in [3.63, 3.8) is 0 Å². The van der Waals surface area contributed by atoms with Crippen LogP contribution in [0.3, 0.4) is 0 Å². The molecule has 0 fully saturated rings. The Balaban J connectivity index is 2.40. The van der Waals surface area contributed by atoms with Gasteiger partial charge in [0.15, 0.2) is 5.78 Å². The molecular weight excluding hydrogens is 365 g/mol. The van der Waals surface area contributed by atoms with E-state index in [0.717, 1.165) is 0 Å². The molecule has 0 saturated carbocycles. The third-order valence-electron chi connectivity index (χ3n) is 4.28. The van der Waals surface area contributed by atoms with Gasteiger partial charge in [-0.05, 0) is 36.1 Å². The first-order valence-corrected chi connectivity index (χ1v) is 8.37. The molecule has 25 heavy (non-hydrogen) atoms. The molecule has 130 valence electrons. The molecule has 0 unspecified atom stereocenters. The standard InChI is InChI=1S/C18H15Cl2NO4/c1-18(2)7-14-10(15(22)8-18)6-11(17(24)25)16(23)21(14)9-3-4-12(19)13(20)5-9/h3-6H,7-8H2,1-2H3,(H,24,25). The Labute approximate surface area is 153 Å². The van der Waals surface area contributed by atoms with Crippen molar-refractivity contribution < 1.29 is 14.7 Å². The van der Waals surface area contributed by atoms with Gasteiger partial charge >= 0.3 is 5.97 Å². The van der Waals surface area contributed by atoms with E-state index in [1.807, 2.05) is 13.8 Å². The molecule has 7 heteroatoms. The molecule has 0 bridgehead atoms. The number of halogens is 2. The number of Topliss-reactive ketones (excluding diaryl/α,β-unsaturated/α-hetero) is 1. The number of rotatable bonds is 2. The minimum atomic E-state index is -1.38. The Kier molecular flexibility index (Phi) is 4.25. The van der Waals surface area contributed by atoms with Gasteiger partial charge in [-0.15, -0.1) is 0 Å². The fraction of sp³-hybridized carbons (Fsp3) is 0.278. The van der Waals surface area contributed by atoms with E-state index < -0.39 is 17.1 Å². The number of aromatic nitrogens is 1. The quantitative estimate of drug-likeness (QED) is 0.855. The monoisotopic (exact) mass is 379 g/mol. The first-order chi connectivity index (χ1) is 11.6. The number of carboxylic acids is 1. The Morgan fingerprint density at radius 1 is 1.12 bits per heavy atom. The molecule has 5 nitrogen and oxygen atoms in total. The zero-order chi connectivity index (χ0) is 18.5. The maximum absolute atomic E-state index is 12.8. The SMILES string of the molecule is CC1(C)CC(=O)c2cc(C(=O)O)c(=O)n(-c3ccc(Cl)c(Cl)c3)c2C1. The topological polar surface area (TPSA) is 76.4 Å². The fourth-order valence-corrected chi connectivity index (χ4v) is 3.46. The van der Waals surface area contributed by atoms with Crippen LogP contribution in [0.5, 0.6) is 0 Å². The third-order valence-corrected chi connectivity index (χ3v) is 5.02. The molecule has 0 radical (unpaired) electrons. The van der Waals surface area contributed by atoms with Crippen LogP contribution in [0.15, 0.2) is 29.1 Å². The Bertz CT molecular complexity index is 976. The average Bonchev–Trinajstić information content (AvgIpc) is 2.48. The number of carbonyl (C=O) groups excluding carboxylic acids is 1. The molecule has 1 aromatic heterocycles. The molecule has 0 spiro atoms. The second-order valence-corrected chi connectivity index (χ2v) is 7.72. The van der Waals surface area contributed by atoms with Crippen molar-refractivity contribution in [2.24, 2.45) is 5.41 Å². The van der Waals surface area contributed by atoms with E-state index in [2.05, 4.69) is 0 Å². The number of hydrogen-bond acceptors (Lipinski definition) is 3. The predicted octanol–water partition coefficient (Wildman–Crippen LogP) is 4.00. The number of aromatic carboxylic acids is 1. The number of benzene rings is 1. The lowest BCUT2D eigenvalue weighted by Crippen LogP contribution is -2.36. The maximum Gasteiger partial charge on any atom is 0.341 e. The van der Waals surface area contributed by atoms with Crippen LogP contribution in [-0.4, -0.2) is 21.4 Å². The predicted molar refractivity (Wildman–Crippen MR) is 95.5 cm³/mol. The fourth-order valence-electron chi connectivity index (χ4n) is 3.16. The Morgan fingerprint density at radius 2 is 1.80 bits per heavy atom. The summed E-state index contributed by atoms with van der Waals surface area (Å²) in [6.45, 7) is 3.87. The summed E-state index contributed by atoms with van der Waals surface area (Å²) in [5.74, 6) is -1.55. The van der Waals surface area contributed by atoms with Crippen molar-refractivity contribution >= 4 is 35.0 Å². The Morgan fingerprint density at radius 3 is 2.40 bits per heavy atom. The molecule has 1 N–H and O–H groups in total.